The predicted octanol–water partition coefficient (Wildman–Crippen LogP) is 6.41. The summed E-state index contributed by atoms with van der Waals surface area (Å²) < 4.78 is 73.6. The molecule has 0 unspecified atom stereocenters. The zero-order valence-corrected chi connectivity index (χ0v) is 32.9. The van der Waals surface area contributed by atoms with E-state index < -0.39 is 20.8 Å². The maximum absolute atomic E-state index is 9.33. The molecule has 56 heavy (non-hydrogen) atoms. The Balaban J connectivity index is 0.000000609. The van der Waals surface area contributed by atoms with Crippen LogP contribution in [-0.4, -0.2) is 53.4 Å². The smallest absolute Gasteiger partial charge is 0.397 e. The van der Waals surface area contributed by atoms with Crippen LogP contribution in [0.3, 0.4) is 0 Å². The Morgan fingerprint density at radius 2 is 1.09 bits per heavy atom. The van der Waals surface area contributed by atoms with Gasteiger partial charge in [-0.1, -0.05) is 116 Å². The number of rotatable bonds is 13. The van der Waals surface area contributed by atoms with Crippen LogP contribution in [0.1, 0.15) is 22.3 Å². The monoisotopic (exact) mass is 800 g/mol. The van der Waals surface area contributed by atoms with E-state index in [2.05, 4.69) is 98.8 Å². The van der Waals surface area contributed by atoms with Gasteiger partial charge in [0.05, 0.1) is 14.2 Å². The number of allylic oxidation sites excluding steroid dienone is 2. The number of aromatic nitrogens is 1. The van der Waals surface area contributed by atoms with Gasteiger partial charge in [0.25, 0.3) is 0 Å². The molecular weight excluding hydrogens is 757 g/mol. The second kappa shape index (κ2) is 22.4. The SMILES string of the molecule is C=C/C(=C\C=[NH+]C)Oc1ccccc1/C=C/c1ccc(-c2ccc(/C=C/c3ccccc3Oc3cc[n+](C)cc3)cc2)cc1.COS(=O)(=O)O.COS(=O)(=O)O. The Labute approximate surface area is 328 Å². The number of pyridine rings is 1. The van der Waals surface area contributed by atoms with Gasteiger partial charge in [0.15, 0.2) is 18.6 Å². The van der Waals surface area contributed by atoms with E-state index in [1.54, 1.807) is 6.08 Å². The van der Waals surface area contributed by atoms with Crippen LogP contribution in [0.2, 0.25) is 0 Å². The third-order valence-electron chi connectivity index (χ3n) is 7.34. The van der Waals surface area contributed by atoms with Crippen molar-refractivity contribution in [3.05, 3.63) is 168 Å². The Kier molecular flexibility index (Phi) is 17.8. The highest BCUT2D eigenvalue weighted by atomic mass is 32.3. The van der Waals surface area contributed by atoms with Crippen LogP contribution in [0, 0.1) is 0 Å². The molecule has 0 aliphatic heterocycles. The van der Waals surface area contributed by atoms with E-state index in [9.17, 15) is 16.8 Å². The quantitative estimate of drug-likeness (QED) is 0.0303. The number of nitrogens with one attached hydrogen (secondary N) is 1. The van der Waals surface area contributed by atoms with Crippen LogP contribution in [0.4, 0.5) is 0 Å². The lowest BCUT2D eigenvalue weighted by atomic mass is 10.0. The lowest BCUT2D eigenvalue weighted by molar-refractivity contribution is -0.671. The zero-order valence-electron chi connectivity index (χ0n) is 31.2. The van der Waals surface area contributed by atoms with Crippen molar-refractivity contribution in [2.24, 2.45) is 7.05 Å². The van der Waals surface area contributed by atoms with Crippen LogP contribution in [0.5, 0.6) is 17.2 Å². The summed E-state index contributed by atoms with van der Waals surface area (Å²) in [6.45, 7) is 3.84. The van der Waals surface area contributed by atoms with Gasteiger partial charge < -0.3 is 9.47 Å². The highest BCUT2D eigenvalue weighted by Crippen LogP contribution is 2.28. The molecule has 0 amide bonds. The van der Waals surface area contributed by atoms with Crippen LogP contribution in [0.25, 0.3) is 35.4 Å². The van der Waals surface area contributed by atoms with Crippen LogP contribution in [-0.2, 0) is 36.2 Å². The normalized spacial score (nSPS) is 11.8. The molecule has 0 saturated heterocycles. The number of nitrogens with zero attached hydrogens (tertiary/aromatic N) is 1. The molecule has 0 atom stereocenters. The van der Waals surface area contributed by atoms with Crippen molar-refractivity contribution in [3.63, 3.8) is 0 Å². The number of ether oxygens (including phenoxy) is 2. The lowest BCUT2D eigenvalue weighted by Crippen LogP contribution is -2.62. The fourth-order valence-corrected chi connectivity index (χ4v) is 4.49. The maximum atomic E-state index is 9.33. The Morgan fingerprint density at radius 1 is 0.661 bits per heavy atom. The molecule has 292 valence electrons. The van der Waals surface area contributed by atoms with Crippen molar-refractivity contribution < 1.29 is 53.3 Å². The maximum Gasteiger partial charge on any atom is 0.397 e. The van der Waals surface area contributed by atoms with Crippen molar-refractivity contribution in [2.75, 3.05) is 21.3 Å². The van der Waals surface area contributed by atoms with Crippen molar-refractivity contribution in [2.45, 2.75) is 0 Å². The largest absolute Gasteiger partial charge is 0.457 e. The van der Waals surface area contributed by atoms with E-state index in [-0.39, 0.29) is 0 Å². The van der Waals surface area contributed by atoms with Crippen LogP contribution >= 0.6 is 0 Å². The summed E-state index contributed by atoms with van der Waals surface area (Å²) in [6, 6.07) is 37.1. The van der Waals surface area contributed by atoms with E-state index in [0.717, 1.165) is 59.3 Å². The molecule has 5 rings (SSSR count). The minimum atomic E-state index is -4.16. The minimum Gasteiger partial charge on any atom is -0.457 e. The summed E-state index contributed by atoms with van der Waals surface area (Å²) in [5.74, 6) is 3.07. The van der Waals surface area contributed by atoms with E-state index in [4.69, 9.17) is 18.6 Å². The molecule has 0 fully saturated rings. The lowest BCUT2D eigenvalue weighted by Gasteiger charge is -2.09. The van der Waals surface area contributed by atoms with Gasteiger partial charge in [0.1, 0.15) is 37.1 Å². The number of aryl methyl sites for hydroxylation is 1. The number of para-hydroxylation sites is 2. The Hall–Kier alpha value is -6.00. The topological polar surface area (TPSA) is 164 Å². The Bertz CT molecular complexity index is 2320. The average Bonchev–Trinajstić information content (AvgIpc) is 3.20. The van der Waals surface area contributed by atoms with Crippen molar-refractivity contribution in [3.8, 4) is 28.4 Å². The molecule has 12 nitrogen and oxygen atoms in total. The summed E-state index contributed by atoms with van der Waals surface area (Å²) in [6.07, 6.45) is 17.6. The minimum absolute atomic E-state index is 0.669. The molecule has 1 aromatic heterocycles. The fraction of sp³-hybridized carbons (Fsp3) is 0.0952. The van der Waals surface area contributed by atoms with Gasteiger partial charge in [-0.25, -0.2) is 4.57 Å². The third kappa shape index (κ3) is 16.6. The van der Waals surface area contributed by atoms with Crippen molar-refractivity contribution in [1.82, 2.24) is 0 Å². The van der Waals surface area contributed by atoms with Gasteiger partial charge in [-0.05, 0) is 40.5 Å². The second-order valence-corrected chi connectivity index (χ2v) is 13.7. The summed E-state index contributed by atoms with van der Waals surface area (Å²) in [7, 11) is -2.75. The summed E-state index contributed by atoms with van der Waals surface area (Å²) in [5, 5.41) is 0. The number of hydrogen-bond acceptors (Lipinski definition) is 8. The van der Waals surface area contributed by atoms with Gasteiger partial charge in [0.2, 0.25) is 0 Å². The first-order valence-electron chi connectivity index (χ1n) is 16.7. The summed E-state index contributed by atoms with van der Waals surface area (Å²) in [5.41, 5.74) is 6.57. The Morgan fingerprint density at radius 3 is 1.52 bits per heavy atom. The summed E-state index contributed by atoms with van der Waals surface area (Å²) >= 11 is 0. The molecule has 0 aliphatic rings. The highest BCUT2D eigenvalue weighted by Gasteiger charge is 2.05. The van der Waals surface area contributed by atoms with E-state index in [1.165, 1.54) is 5.56 Å². The average molecular weight is 801 g/mol. The zero-order chi connectivity index (χ0) is 41.0. The highest BCUT2D eigenvalue weighted by molar-refractivity contribution is 7.81. The standard InChI is InChI=1S/C40H35N2O2.2CH4O4S/c1-4-37(25-28-41-2)43-39-11-7-5-9-35(39)23-17-31-13-19-33(20-14-31)34-21-15-32(16-22-34)18-24-36-10-6-8-12-40(36)44-38-26-29-42(3)30-27-38;2*1-5-6(2,3)4/h4-30H,1H2,2-3H3;2*1H3,(H,2,3,4)/q+1;;/p+1/b23-17+,24-18+,37-25+,41-28?;;. The van der Waals surface area contributed by atoms with Crippen molar-refractivity contribution in [1.29, 1.82) is 0 Å². The molecule has 14 heteroatoms. The molecular formula is C42H44N2O10S2+2. The first-order valence-corrected chi connectivity index (χ1v) is 19.4. The molecule has 1 heterocycles. The molecule has 0 bridgehead atoms. The first-order chi connectivity index (χ1) is 26.7. The molecule has 0 radical (unpaired) electrons. The van der Waals surface area contributed by atoms with Crippen molar-refractivity contribution >= 4 is 51.3 Å². The molecule has 4 aromatic carbocycles. The molecule has 5 aromatic rings. The molecule has 3 N–H and O–H groups in total. The predicted molar refractivity (Wildman–Crippen MR) is 219 cm³/mol. The third-order valence-corrected chi connectivity index (χ3v) is 8.19. The number of hydrogen-bond donors (Lipinski definition) is 3. The van der Waals surface area contributed by atoms with Gasteiger partial charge in [-0.2, -0.15) is 16.8 Å². The van der Waals surface area contributed by atoms with Gasteiger partial charge in [-0.15, -0.1) is 0 Å². The summed E-state index contributed by atoms with van der Waals surface area (Å²) in [4.78, 5) is 2.97. The molecule has 0 aliphatic carbocycles. The van der Waals surface area contributed by atoms with E-state index in [1.807, 2.05) is 97.9 Å². The van der Waals surface area contributed by atoms with Gasteiger partial charge >= 0.3 is 20.8 Å². The molecule has 0 saturated carbocycles. The molecule has 0 spiro atoms. The second-order valence-electron chi connectivity index (χ2n) is 11.3. The van der Waals surface area contributed by atoms with Gasteiger partial charge in [-0.3, -0.25) is 22.5 Å². The van der Waals surface area contributed by atoms with E-state index in [0.29, 0.717) is 5.76 Å². The van der Waals surface area contributed by atoms with E-state index >= 15 is 0 Å². The number of benzene rings is 4. The van der Waals surface area contributed by atoms with Crippen LogP contribution < -0.4 is 19.0 Å². The fourth-order valence-electron chi connectivity index (χ4n) is 4.49. The van der Waals surface area contributed by atoms with Crippen LogP contribution in [0.15, 0.2) is 146 Å². The van der Waals surface area contributed by atoms with Gasteiger partial charge in [0, 0.05) is 29.3 Å². The first kappa shape index (κ1) is 44.4.